The number of carboxylic acid groups (broad SMARTS) is 1. The molecule has 0 atom stereocenters. The summed E-state index contributed by atoms with van der Waals surface area (Å²) in [4.78, 5) is 27.9. The number of benzene rings is 2. The first-order valence-corrected chi connectivity index (χ1v) is 9.88. The third-order valence-corrected chi connectivity index (χ3v) is 4.92. The Hall–Kier alpha value is -3.52. The molecule has 2 aromatic carbocycles. The molecule has 7 nitrogen and oxygen atoms in total. The lowest BCUT2D eigenvalue weighted by molar-refractivity contribution is -0.139. The fourth-order valence-electron chi connectivity index (χ4n) is 2.57. The van der Waals surface area contributed by atoms with Crippen LogP contribution in [0.25, 0.3) is 6.08 Å². The van der Waals surface area contributed by atoms with Crippen LogP contribution in [0.3, 0.4) is 0 Å². The third kappa shape index (κ3) is 5.30. The summed E-state index contributed by atoms with van der Waals surface area (Å²) in [6.45, 7) is 1.44. The highest BCUT2D eigenvalue weighted by atomic mass is 32.2. The Morgan fingerprint density at radius 3 is 2.43 bits per heavy atom. The van der Waals surface area contributed by atoms with Crippen molar-refractivity contribution in [2.45, 2.75) is 6.92 Å². The molecular weight excluding hydrogens is 406 g/mol. The Morgan fingerprint density at radius 2 is 1.80 bits per heavy atom. The molecule has 0 fully saturated rings. The smallest absolute Gasteiger partial charge is 0.344 e. The van der Waals surface area contributed by atoms with Crippen LogP contribution in [0.15, 0.2) is 75.8 Å². The number of aliphatic carboxylic acids is 1. The van der Waals surface area contributed by atoms with Gasteiger partial charge in [0.15, 0.2) is 6.61 Å². The van der Waals surface area contributed by atoms with Gasteiger partial charge in [-0.05, 0) is 42.8 Å². The first-order valence-electron chi connectivity index (χ1n) is 9.07. The Labute approximate surface area is 177 Å². The average Bonchev–Trinajstić information content (AvgIpc) is 3.03. The zero-order chi connectivity index (χ0) is 21.5. The molecule has 0 aromatic heterocycles. The van der Waals surface area contributed by atoms with Crippen LogP contribution in [0, 0.1) is 0 Å². The van der Waals surface area contributed by atoms with Gasteiger partial charge in [-0.15, -0.1) is 0 Å². The number of aliphatic imine (C=N–C) groups is 1. The average molecular weight is 425 g/mol. The van der Waals surface area contributed by atoms with E-state index >= 15 is 0 Å². The molecule has 8 heteroatoms. The molecule has 0 spiro atoms. The predicted octanol–water partition coefficient (Wildman–Crippen LogP) is 4.34. The van der Waals surface area contributed by atoms with Crippen molar-refractivity contribution < 1.29 is 29.3 Å². The van der Waals surface area contributed by atoms with Crippen molar-refractivity contribution in [1.82, 2.24) is 0 Å². The maximum absolute atomic E-state index is 12.4. The van der Waals surface area contributed by atoms with E-state index in [9.17, 15) is 14.7 Å². The molecule has 154 valence electrons. The molecule has 0 saturated carbocycles. The Balaban J connectivity index is 1.90. The summed E-state index contributed by atoms with van der Waals surface area (Å²) in [5.41, 5.74) is 1.41. The van der Waals surface area contributed by atoms with Gasteiger partial charge in [-0.3, -0.25) is 0 Å². The molecule has 1 aliphatic heterocycles. The van der Waals surface area contributed by atoms with Gasteiger partial charge in [0.1, 0.15) is 22.1 Å². The van der Waals surface area contributed by atoms with Crippen LogP contribution in [0.1, 0.15) is 12.5 Å². The lowest BCUT2D eigenvalue weighted by Gasteiger charge is -2.03. The van der Waals surface area contributed by atoms with Crippen molar-refractivity contribution in [3.05, 3.63) is 76.4 Å². The highest BCUT2D eigenvalue weighted by molar-refractivity contribution is 8.18. The second-order valence-corrected chi connectivity index (χ2v) is 7.09. The topological polar surface area (TPSA) is 105 Å². The van der Waals surface area contributed by atoms with Crippen molar-refractivity contribution in [1.29, 1.82) is 0 Å². The number of hydrogen-bond donors (Lipinski definition) is 2. The van der Waals surface area contributed by atoms with Crippen LogP contribution in [0.2, 0.25) is 0 Å². The number of carbonyl (C=O) groups excluding carboxylic acids is 1. The van der Waals surface area contributed by atoms with Crippen LogP contribution < -0.4 is 4.74 Å². The summed E-state index contributed by atoms with van der Waals surface area (Å²) < 4.78 is 10.2. The number of aliphatic hydroxyl groups excluding tert-OH is 1. The molecule has 1 heterocycles. The van der Waals surface area contributed by atoms with Crippen LogP contribution in [-0.2, 0) is 14.3 Å². The number of ether oxygens (including phenoxy) is 2. The minimum absolute atomic E-state index is 0.0263. The zero-order valence-corrected chi connectivity index (χ0v) is 16.9. The van der Waals surface area contributed by atoms with Gasteiger partial charge in [0.05, 0.1) is 17.2 Å². The quantitative estimate of drug-likeness (QED) is 0.636. The van der Waals surface area contributed by atoms with Crippen LogP contribution in [0.5, 0.6) is 5.75 Å². The fraction of sp³-hybridized carbons (Fsp3) is 0.136. The molecule has 0 amide bonds. The summed E-state index contributed by atoms with van der Waals surface area (Å²) in [5.74, 6) is -1.48. The summed E-state index contributed by atoms with van der Waals surface area (Å²) in [7, 11) is 0. The number of carboxylic acids is 1. The molecule has 0 saturated heterocycles. The Kier molecular flexibility index (Phi) is 6.92. The van der Waals surface area contributed by atoms with Gasteiger partial charge in [0, 0.05) is 0 Å². The van der Waals surface area contributed by atoms with Gasteiger partial charge in [0.2, 0.25) is 0 Å². The van der Waals surface area contributed by atoms with E-state index in [0.717, 1.165) is 5.56 Å². The van der Waals surface area contributed by atoms with Crippen molar-refractivity contribution in [2.75, 3.05) is 13.2 Å². The molecule has 2 N–H and O–H groups in total. The van der Waals surface area contributed by atoms with Gasteiger partial charge >= 0.3 is 11.9 Å². The largest absolute Gasteiger partial charge is 0.506 e. The monoisotopic (exact) mass is 425 g/mol. The maximum Gasteiger partial charge on any atom is 0.344 e. The van der Waals surface area contributed by atoms with Crippen LogP contribution >= 0.6 is 11.8 Å². The molecule has 3 rings (SSSR count). The lowest BCUT2D eigenvalue weighted by atomic mass is 10.1. The van der Waals surface area contributed by atoms with E-state index in [4.69, 9.17) is 14.6 Å². The number of para-hydroxylation sites is 1. The van der Waals surface area contributed by atoms with Crippen molar-refractivity contribution in [3.8, 4) is 5.75 Å². The van der Waals surface area contributed by atoms with E-state index in [0.29, 0.717) is 21.4 Å². The maximum atomic E-state index is 12.4. The minimum Gasteiger partial charge on any atom is -0.506 e. The Bertz CT molecular complexity index is 1030. The van der Waals surface area contributed by atoms with E-state index in [2.05, 4.69) is 4.99 Å². The highest BCUT2D eigenvalue weighted by Crippen LogP contribution is 2.40. The van der Waals surface area contributed by atoms with Gasteiger partial charge < -0.3 is 19.7 Å². The van der Waals surface area contributed by atoms with E-state index in [1.54, 1.807) is 49.4 Å². The van der Waals surface area contributed by atoms with E-state index in [-0.39, 0.29) is 17.9 Å². The van der Waals surface area contributed by atoms with Crippen LogP contribution in [-0.4, -0.2) is 40.4 Å². The fourth-order valence-corrected chi connectivity index (χ4v) is 3.60. The van der Waals surface area contributed by atoms with Crippen LogP contribution in [0.4, 0.5) is 5.69 Å². The molecule has 0 unspecified atom stereocenters. The van der Waals surface area contributed by atoms with Gasteiger partial charge in [-0.2, -0.15) is 0 Å². The number of esters is 1. The molecule has 0 radical (unpaired) electrons. The third-order valence-electron chi connectivity index (χ3n) is 3.90. The molecule has 1 aliphatic rings. The SMILES string of the molecule is CCOC(=O)C1=C(O)C(=Cc2ccc(OCC(=O)O)cc2)SC1=Nc1ccccc1. The first-order chi connectivity index (χ1) is 14.5. The molecule has 30 heavy (non-hydrogen) atoms. The summed E-state index contributed by atoms with van der Waals surface area (Å²) in [6.07, 6.45) is 1.70. The number of nitrogens with zero attached hydrogens (tertiary/aromatic N) is 1. The van der Waals surface area contributed by atoms with Crippen molar-refractivity contribution >= 4 is 40.5 Å². The summed E-state index contributed by atoms with van der Waals surface area (Å²) in [6, 6.07) is 15.8. The van der Waals surface area contributed by atoms with E-state index in [1.165, 1.54) is 11.8 Å². The number of hydrogen-bond acceptors (Lipinski definition) is 7. The summed E-state index contributed by atoms with van der Waals surface area (Å²) >= 11 is 1.17. The normalized spacial score (nSPS) is 16.2. The second-order valence-electron chi connectivity index (χ2n) is 6.06. The molecule has 2 aromatic rings. The van der Waals surface area contributed by atoms with E-state index < -0.39 is 18.5 Å². The lowest BCUT2D eigenvalue weighted by Crippen LogP contribution is -2.12. The predicted molar refractivity (Wildman–Crippen MR) is 115 cm³/mol. The van der Waals surface area contributed by atoms with Gasteiger partial charge in [0.25, 0.3) is 0 Å². The van der Waals surface area contributed by atoms with Crippen molar-refractivity contribution in [3.63, 3.8) is 0 Å². The number of carbonyl (C=O) groups is 2. The van der Waals surface area contributed by atoms with Crippen molar-refractivity contribution in [2.24, 2.45) is 4.99 Å². The summed E-state index contributed by atoms with van der Waals surface area (Å²) in [5, 5.41) is 19.7. The highest BCUT2D eigenvalue weighted by Gasteiger charge is 2.33. The molecular formula is C22H19NO6S. The Morgan fingerprint density at radius 1 is 1.10 bits per heavy atom. The van der Waals surface area contributed by atoms with Gasteiger partial charge in [-0.25, -0.2) is 14.6 Å². The standard InChI is InChI=1S/C22H19NO6S/c1-2-28-22(27)19-20(26)17(30-21(19)23-15-6-4-3-5-7-15)12-14-8-10-16(11-9-14)29-13-18(24)25/h3-12,26H,2,13H2,1H3,(H,24,25). The first kappa shape index (κ1) is 21.2. The van der Waals surface area contributed by atoms with E-state index in [1.807, 2.05) is 18.2 Å². The number of thioether (sulfide) groups is 1. The minimum atomic E-state index is -1.06. The number of rotatable bonds is 7. The zero-order valence-electron chi connectivity index (χ0n) is 16.1. The molecule has 0 bridgehead atoms. The molecule has 0 aliphatic carbocycles. The number of aliphatic hydroxyl groups is 1. The van der Waals surface area contributed by atoms with Gasteiger partial charge in [-0.1, -0.05) is 42.1 Å². The second kappa shape index (κ2) is 9.80.